The topological polar surface area (TPSA) is 88.5 Å². The second-order valence-electron chi connectivity index (χ2n) is 16.1. The number of Topliss-reactive ketones (excluding diaryl/α,β-unsaturated/α-hetero) is 2. The molecule has 0 aromatic heterocycles. The summed E-state index contributed by atoms with van der Waals surface area (Å²) in [6.07, 6.45) is 8.62. The van der Waals surface area contributed by atoms with Gasteiger partial charge in [-0.1, -0.05) is 48.5 Å². The number of aliphatic carboxylic acids is 1. The largest absolute Gasteiger partial charge is 0.481 e. The molecule has 5 rings (SSSR count). The number of carboxylic acid groups (broad SMARTS) is 1. The van der Waals surface area contributed by atoms with E-state index in [0.29, 0.717) is 18.6 Å². The standard InChI is InChI=1S/C32H48O5/c1-27(2)10-12-32(17-24(35)36)13-11-31(7)25(20(32)16-27)21(34)14-23-29(5)15-19(18-33)26(37)28(3,4)22(29)8-9-30(23,31)6/h18-20,22-23,25H,8-17H2,1-7H3,(H,35,36)/t19?,20-,22-,23+,25-,29-,30+,31+,32+/m0/s1. The zero-order valence-corrected chi connectivity index (χ0v) is 24.1. The maximum Gasteiger partial charge on any atom is 0.303 e. The summed E-state index contributed by atoms with van der Waals surface area (Å²) in [7, 11) is 0. The van der Waals surface area contributed by atoms with Crippen LogP contribution in [0, 0.1) is 62.1 Å². The van der Waals surface area contributed by atoms with Gasteiger partial charge in [-0.25, -0.2) is 0 Å². The Morgan fingerprint density at radius 3 is 2.16 bits per heavy atom. The lowest BCUT2D eigenvalue weighted by Gasteiger charge is -2.72. The Balaban J connectivity index is 1.60. The van der Waals surface area contributed by atoms with Crippen LogP contribution >= 0.6 is 0 Å². The molecule has 0 bridgehead atoms. The summed E-state index contributed by atoms with van der Waals surface area (Å²) < 4.78 is 0. The molecule has 37 heavy (non-hydrogen) atoms. The predicted molar refractivity (Wildman–Crippen MR) is 142 cm³/mol. The van der Waals surface area contributed by atoms with Crippen molar-refractivity contribution in [2.24, 2.45) is 62.1 Å². The van der Waals surface area contributed by atoms with Crippen molar-refractivity contribution in [1.29, 1.82) is 0 Å². The van der Waals surface area contributed by atoms with Crippen molar-refractivity contribution in [1.82, 2.24) is 0 Å². The first-order valence-electron chi connectivity index (χ1n) is 14.7. The van der Waals surface area contributed by atoms with E-state index < -0.39 is 17.3 Å². The van der Waals surface area contributed by atoms with Crippen molar-refractivity contribution < 1.29 is 24.3 Å². The van der Waals surface area contributed by atoms with Gasteiger partial charge in [0, 0.05) is 17.8 Å². The maximum absolute atomic E-state index is 14.4. The molecule has 5 fully saturated rings. The summed E-state index contributed by atoms with van der Waals surface area (Å²) in [5.41, 5.74) is -1.29. The van der Waals surface area contributed by atoms with Crippen LogP contribution in [0.15, 0.2) is 0 Å². The van der Waals surface area contributed by atoms with E-state index in [0.717, 1.165) is 51.2 Å². The van der Waals surface area contributed by atoms with Crippen molar-refractivity contribution in [3.8, 4) is 0 Å². The zero-order chi connectivity index (χ0) is 27.4. The van der Waals surface area contributed by atoms with Gasteiger partial charge in [0.05, 0.1) is 12.3 Å². The van der Waals surface area contributed by atoms with Crippen molar-refractivity contribution in [2.45, 2.75) is 113 Å². The van der Waals surface area contributed by atoms with Crippen LogP contribution in [-0.2, 0) is 19.2 Å². The highest BCUT2D eigenvalue weighted by molar-refractivity contribution is 5.98. The number of fused-ring (bicyclic) bond motifs is 7. The Hall–Kier alpha value is -1.52. The highest BCUT2D eigenvalue weighted by atomic mass is 16.4. The van der Waals surface area contributed by atoms with Crippen LogP contribution in [0.5, 0.6) is 0 Å². The molecule has 0 saturated heterocycles. The minimum absolute atomic E-state index is 0.0698. The normalized spacial score (nSPS) is 50.2. The minimum atomic E-state index is -0.734. The molecule has 0 spiro atoms. The molecule has 206 valence electrons. The third kappa shape index (κ3) is 3.46. The Morgan fingerprint density at radius 2 is 1.54 bits per heavy atom. The van der Waals surface area contributed by atoms with Crippen LogP contribution in [0.1, 0.15) is 113 Å². The number of hydrogen-bond acceptors (Lipinski definition) is 4. The van der Waals surface area contributed by atoms with Gasteiger partial charge in [-0.2, -0.15) is 0 Å². The van der Waals surface area contributed by atoms with Gasteiger partial charge < -0.3 is 9.90 Å². The molecule has 5 aliphatic rings. The molecule has 0 aromatic carbocycles. The quantitative estimate of drug-likeness (QED) is 0.344. The predicted octanol–water partition coefficient (Wildman–Crippen LogP) is 6.52. The first-order chi connectivity index (χ1) is 17.0. The summed E-state index contributed by atoms with van der Waals surface area (Å²) in [4.78, 5) is 51.9. The van der Waals surface area contributed by atoms with E-state index in [2.05, 4.69) is 34.6 Å². The van der Waals surface area contributed by atoms with Gasteiger partial charge in [0.15, 0.2) is 0 Å². The van der Waals surface area contributed by atoms with Gasteiger partial charge in [-0.05, 0) is 96.2 Å². The molecule has 5 aliphatic carbocycles. The number of ketones is 2. The third-order valence-corrected chi connectivity index (χ3v) is 13.6. The van der Waals surface area contributed by atoms with E-state index in [1.165, 1.54) is 0 Å². The molecule has 5 nitrogen and oxygen atoms in total. The molecule has 0 heterocycles. The molecule has 0 aliphatic heterocycles. The molecule has 5 saturated carbocycles. The zero-order valence-electron chi connectivity index (χ0n) is 24.1. The third-order valence-electron chi connectivity index (χ3n) is 13.6. The smallest absolute Gasteiger partial charge is 0.303 e. The Kier molecular flexibility index (Phi) is 5.86. The van der Waals surface area contributed by atoms with Crippen LogP contribution < -0.4 is 0 Å². The molecular weight excluding hydrogens is 464 g/mol. The Labute approximate surface area is 222 Å². The van der Waals surface area contributed by atoms with Crippen LogP contribution in [0.3, 0.4) is 0 Å². The van der Waals surface area contributed by atoms with Crippen LogP contribution in [0.4, 0.5) is 0 Å². The minimum Gasteiger partial charge on any atom is -0.481 e. The van der Waals surface area contributed by atoms with Crippen molar-refractivity contribution >= 4 is 23.8 Å². The highest BCUT2D eigenvalue weighted by Crippen LogP contribution is 2.76. The number of carboxylic acids is 1. The van der Waals surface area contributed by atoms with E-state index in [9.17, 15) is 24.3 Å². The summed E-state index contributed by atoms with van der Waals surface area (Å²) in [5, 5.41) is 9.93. The summed E-state index contributed by atoms with van der Waals surface area (Å²) >= 11 is 0. The van der Waals surface area contributed by atoms with Crippen LogP contribution in [0.2, 0.25) is 0 Å². The number of carbonyl (C=O) groups is 4. The average Bonchev–Trinajstić information content (AvgIpc) is 2.78. The summed E-state index contributed by atoms with van der Waals surface area (Å²) in [5.74, 6) is -0.642. The van der Waals surface area contributed by atoms with Gasteiger partial charge in [-0.15, -0.1) is 0 Å². The fraction of sp³-hybridized carbons (Fsp3) is 0.875. The molecule has 0 amide bonds. The van der Waals surface area contributed by atoms with E-state index in [1.54, 1.807) is 0 Å². The number of aldehydes is 1. The monoisotopic (exact) mass is 512 g/mol. The van der Waals surface area contributed by atoms with E-state index >= 15 is 0 Å². The van der Waals surface area contributed by atoms with E-state index in [-0.39, 0.29) is 63.0 Å². The molecule has 0 aromatic rings. The Morgan fingerprint density at radius 1 is 0.892 bits per heavy atom. The average molecular weight is 513 g/mol. The SMILES string of the molecule is CC1(C)CC[C@]2(CC(=O)O)CC[C@]3(C)[C@H](C(=O)C[C@@H]4[C@@]5(C)CC(C=O)C(=O)C(C)(C)[C@@H]5CC[C@]43C)[C@@H]2C1. The number of rotatable bonds is 3. The van der Waals surface area contributed by atoms with Crippen molar-refractivity contribution in [3.05, 3.63) is 0 Å². The lowest BCUT2D eigenvalue weighted by Crippen LogP contribution is -2.69. The maximum atomic E-state index is 14.4. The van der Waals surface area contributed by atoms with Crippen molar-refractivity contribution in [2.75, 3.05) is 0 Å². The fourth-order valence-electron chi connectivity index (χ4n) is 11.6. The second kappa shape index (κ2) is 8.01. The summed E-state index contributed by atoms with van der Waals surface area (Å²) in [6.45, 7) is 15.7. The van der Waals surface area contributed by atoms with Gasteiger partial charge in [-0.3, -0.25) is 14.4 Å². The Bertz CT molecular complexity index is 1040. The molecule has 0 radical (unpaired) electrons. The van der Waals surface area contributed by atoms with Crippen LogP contribution in [-0.4, -0.2) is 28.9 Å². The fourth-order valence-corrected chi connectivity index (χ4v) is 11.6. The molecule has 9 atom stereocenters. The lowest BCUT2D eigenvalue weighted by molar-refractivity contribution is -0.237. The van der Waals surface area contributed by atoms with Gasteiger partial charge >= 0.3 is 5.97 Å². The van der Waals surface area contributed by atoms with E-state index in [4.69, 9.17) is 0 Å². The van der Waals surface area contributed by atoms with Crippen LogP contribution in [0.25, 0.3) is 0 Å². The number of carbonyl (C=O) groups excluding carboxylic acids is 3. The first-order valence-corrected chi connectivity index (χ1v) is 14.7. The second-order valence-corrected chi connectivity index (χ2v) is 16.1. The molecular formula is C32H48O5. The van der Waals surface area contributed by atoms with Crippen molar-refractivity contribution in [3.63, 3.8) is 0 Å². The van der Waals surface area contributed by atoms with Gasteiger partial charge in [0.2, 0.25) is 0 Å². The molecule has 1 N–H and O–H groups in total. The lowest BCUT2D eigenvalue weighted by atomic mass is 9.31. The number of hydrogen-bond donors (Lipinski definition) is 1. The molecule has 5 heteroatoms. The first kappa shape index (κ1) is 27.1. The van der Waals surface area contributed by atoms with E-state index in [1.807, 2.05) is 13.8 Å². The van der Waals surface area contributed by atoms with Gasteiger partial charge in [0.25, 0.3) is 0 Å². The summed E-state index contributed by atoms with van der Waals surface area (Å²) in [6, 6.07) is 0. The molecule has 1 unspecified atom stereocenters. The van der Waals surface area contributed by atoms with Gasteiger partial charge in [0.1, 0.15) is 17.9 Å². The highest BCUT2D eigenvalue weighted by Gasteiger charge is 2.72.